The summed E-state index contributed by atoms with van der Waals surface area (Å²) in [6, 6.07) is 24.8. The Morgan fingerprint density at radius 2 is 1.74 bits per heavy atom. The number of nitrogens with zero attached hydrogens (tertiary/aromatic N) is 5. The van der Waals surface area contributed by atoms with E-state index < -0.39 is 5.91 Å². The molecular weight excluding hydrogens is 731 g/mol. The van der Waals surface area contributed by atoms with E-state index in [1.54, 1.807) is 6.20 Å². The van der Waals surface area contributed by atoms with Crippen molar-refractivity contribution in [1.29, 1.82) is 5.41 Å². The molecule has 13 nitrogen and oxygen atoms in total. The molecule has 1 aliphatic heterocycles. The normalized spacial score (nSPS) is 13.5. The maximum atomic E-state index is 12.7. The van der Waals surface area contributed by atoms with E-state index in [2.05, 4.69) is 79.2 Å². The first-order chi connectivity index (χ1) is 27.8. The number of nitrogen functional groups attached to an aromatic ring is 1. The second-order valence-electron chi connectivity index (χ2n) is 16.0. The third-order valence-corrected chi connectivity index (χ3v) is 10.8. The van der Waals surface area contributed by atoms with Gasteiger partial charge in [-0.2, -0.15) is 4.98 Å². The summed E-state index contributed by atoms with van der Waals surface area (Å²) in [5, 5.41) is 17.9. The number of likely N-dealkylation sites (tertiary alicyclic amines) is 1. The van der Waals surface area contributed by atoms with Gasteiger partial charge in [-0.3, -0.25) is 25.1 Å². The summed E-state index contributed by atoms with van der Waals surface area (Å²) in [7, 11) is 1.94. The van der Waals surface area contributed by atoms with Crippen molar-refractivity contribution in [3.63, 3.8) is 0 Å². The van der Waals surface area contributed by atoms with Crippen LogP contribution in [0.15, 0.2) is 83.5 Å². The van der Waals surface area contributed by atoms with Crippen molar-refractivity contribution in [2.75, 3.05) is 43.9 Å². The first-order valence-electron chi connectivity index (χ1n) is 19.7. The lowest BCUT2D eigenvalue weighted by Crippen LogP contribution is -2.34. The minimum absolute atomic E-state index is 0.00333. The standard InChI is InChI=1S/C45H53N9O4/c1-29-24-34(12-13-35(29)26-49-43(57)42-51-44(58-52-42)45(2,3)4)40(46)38-25-36(27-48-41(38)47)32-10-8-31(9-11-32)33-17-22-54(23-18-33)21-16-30-6-14-37(15-7-30)53(5)20-19-39(56)50-28-55/h6-15,24-25,27-28,33,46H,16-23,26H2,1-5H3,(H2,47,48)(H,49,57)(H,50,55,56). The highest BCUT2D eigenvalue weighted by Crippen LogP contribution is 2.31. The zero-order chi connectivity index (χ0) is 41.4. The summed E-state index contributed by atoms with van der Waals surface area (Å²) >= 11 is 0. The number of nitrogens with one attached hydrogen (secondary N) is 3. The van der Waals surface area contributed by atoms with E-state index in [0.29, 0.717) is 41.7 Å². The molecule has 3 amide bonds. The molecule has 2 aromatic heterocycles. The predicted octanol–water partition coefficient (Wildman–Crippen LogP) is 6.19. The van der Waals surface area contributed by atoms with E-state index in [-0.39, 0.29) is 35.8 Å². The number of piperidine rings is 1. The van der Waals surface area contributed by atoms with Gasteiger partial charge in [0.25, 0.3) is 11.7 Å². The number of anilines is 2. The second kappa shape index (κ2) is 18.4. The van der Waals surface area contributed by atoms with E-state index in [9.17, 15) is 14.4 Å². The zero-order valence-corrected chi connectivity index (χ0v) is 34.0. The fourth-order valence-electron chi connectivity index (χ4n) is 7.09. The van der Waals surface area contributed by atoms with Crippen LogP contribution in [0.25, 0.3) is 11.1 Å². The Bertz CT molecular complexity index is 2240. The average molecular weight is 784 g/mol. The van der Waals surface area contributed by atoms with E-state index in [1.807, 2.05) is 63.9 Å². The van der Waals surface area contributed by atoms with Gasteiger partial charge in [0.05, 0.1) is 5.71 Å². The van der Waals surface area contributed by atoms with Gasteiger partial charge >= 0.3 is 0 Å². The topological polar surface area (TPSA) is 183 Å². The highest BCUT2D eigenvalue weighted by molar-refractivity contribution is 6.14. The van der Waals surface area contributed by atoms with E-state index in [4.69, 9.17) is 15.7 Å². The van der Waals surface area contributed by atoms with Crippen molar-refractivity contribution in [2.24, 2.45) is 0 Å². The molecule has 302 valence electrons. The molecule has 5 N–H and O–H groups in total. The fraction of sp³-hybridized carbons (Fsp3) is 0.356. The monoisotopic (exact) mass is 783 g/mol. The third-order valence-electron chi connectivity index (χ3n) is 10.8. The quantitative estimate of drug-likeness (QED) is 0.0706. The maximum absolute atomic E-state index is 12.7. The largest absolute Gasteiger partial charge is 0.383 e. The summed E-state index contributed by atoms with van der Waals surface area (Å²) < 4.78 is 5.25. The summed E-state index contributed by atoms with van der Waals surface area (Å²) in [5.74, 6) is 0.496. The molecule has 0 aliphatic carbocycles. The molecule has 6 rings (SSSR count). The molecule has 0 spiro atoms. The molecule has 1 aliphatic rings. The summed E-state index contributed by atoms with van der Waals surface area (Å²) in [6.07, 6.45) is 5.63. The van der Waals surface area contributed by atoms with Gasteiger partial charge in [0.2, 0.25) is 18.2 Å². The fourth-order valence-corrected chi connectivity index (χ4v) is 7.09. The number of carbonyl (C=O) groups is 3. The number of imide groups is 1. The Hall–Kier alpha value is -6.21. The van der Waals surface area contributed by atoms with Gasteiger partial charge in [-0.25, -0.2) is 4.98 Å². The Balaban J connectivity index is 0.993. The van der Waals surface area contributed by atoms with Crippen LogP contribution in [0.4, 0.5) is 11.5 Å². The van der Waals surface area contributed by atoms with Gasteiger partial charge in [-0.05, 0) is 97.3 Å². The molecule has 13 heteroatoms. The van der Waals surface area contributed by atoms with E-state index in [1.165, 1.54) is 11.1 Å². The molecule has 5 aromatic rings. The first kappa shape index (κ1) is 41.4. The number of benzene rings is 3. The van der Waals surface area contributed by atoms with Crippen molar-refractivity contribution in [3.05, 3.63) is 124 Å². The van der Waals surface area contributed by atoms with E-state index in [0.717, 1.165) is 66.8 Å². The minimum atomic E-state index is -0.416. The molecule has 0 radical (unpaired) electrons. The van der Waals surface area contributed by atoms with Crippen LogP contribution in [0.1, 0.15) is 95.8 Å². The maximum Gasteiger partial charge on any atom is 0.292 e. The SMILES string of the molecule is Cc1cc(C(=N)c2cc(-c3ccc(C4CCN(CCc5ccc(N(C)CCC(=O)NC=O)cc5)CC4)cc3)cnc2N)ccc1CNC(=O)c1noc(C(C)(C)C)n1. The summed E-state index contributed by atoms with van der Waals surface area (Å²) in [5.41, 5.74) is 14.9. The molecule has 0 saturated carbocycles. The first-order valence-corrected chi connectivity index (χ1v) is 19.7. The van der Waals surface area contributed by atoms with Gasteiger partial charge in [0, 0.05) is 67.1 Å². The number of hydrogen-bond acceptors (Lipinski definition) is 11. The molecule has 0 atom stereocenters. The lowest BCUT2D eigenvalue weighted by atomic mass is 9.88. The van der Waals surface area contributed by atoms with Gasteiger partial charge in [-0.1, -0.05) is 74.5 Å². The number of aryl methyl sites for hydroxylation is 1. The molecule has 3 heterocycles. The number of amides is 3. The number of carbonyl (C=O) groups excluding carboxylic acids is 3. The van der Waals surface area contributed by atoms with Gasteiger partial charge < -0.3 is 25.4 Å². The van der Waals surface area contributed by atoms with Crippen LogP contribution in [0.3, 0.4) is 0 Å². The Labute approximate surface area is 339 Å². The average Bonchev–Trinajstić information content (AvgIpc) is 3.74. The van der Waals surface area contributed by atoms with Crippen molar-refractivity contribution < 1.29 is 18.9 Å². The van der Waals surface area contributed by atoms with Crippen molar-refractivity contribution in [3.8, 4) is 11.1 Å². The number of pyridine rings is 1. The highest BCUT2D eigenvalue weighted by atomic mass is 16.5. The van der Waals surface area contributed by atoms with Crippen molar-refractivity contribution in [2.45, 2.75) is 71.3 Å². The van der Waals surface area contributed by atoms with Crippen molar-refractivity contribution in [1.82, 2.24) is 30.7 Å². The highest BCUT2D eigenvalue weighted by Gasteiger charge is 2.25. The number of hydrogen-bond donors (Lipinski definition) is 4. The van der Waals surface area contributed by atoms with Gasteiger partial charge in [0.1, 0.15) is 5.82 Å². The lowest BCUT2D eigenvalue weighted by molar-refractivity contribution is -0.125. The van der Waals surface area contributed by atoms with Crippen LogP contribution < -0.4 is 21.3 Å². The van der Waals surface area contributed by atoms with Crippen LogP contribution in [0.2, 0.25) is 0 Å². The molecule has 0 unspecified atom stereocenters. The Morgan fingerprint density at radius 3 is 2.40 bits per heavy atom. The van der Waals surface area contributed by atoms with Crippen LogP contribution in [0, 0.1) is 12.3 Å². The van der Waals surface area contributed by atoms with Crippen LogP contribution >= 0.6 is 0 Å². The molecule has 1 saturated heterocycles. The Morgan fingerprint density at radius 1 is 1.02 bits per heavy atom. The second-order valence-corrected chi connectivity index (χ2v) is 16.0. The molecule has 1 fully saturated rings. The molecule has 3 aromatic carbocycles. The molecule has 58 heavy (non-hydrogen) atoms. The van der Waals surface area contributed by atoms with Crippen LogP contribution in [-0.2, 0) is 28.0 Å². The zero-order valence-electron chi connectivity index (χ0n) is 34.0. The minimum Gasteiger partial charge on any atom is -0.383 e. The Kier molecular flexibility index (Phi) is 13.1. The summed E-state index contributed by atoms with van der Waals surface area (Å²) in [6.45, 7) is 11.7. The molecule has 0 bridgehead atoms. The van der Waals surface area contributed by atoms with E-state index >= 15 is 0 Å². The lowest BCUT2D eigenvalue weighted by Gasteiger charge is -2.32. The third kappa shape index (κ3) is 10.4. The number of nitrogens with two attached hydrogens (primary N) is 1. The van der Waals surface area contributed by atoms with Crippen molar-refractivity contribution >= 4 is 35.4 Å². The van der Waals surface area contributed by atoms with Crippen LogP contribution in [0.5, 0.6) is 0 Å². The predicted molar refractivity (Wildman–Crippen MR) is 226 cm³/mol. The summed E-state index contributed by atoms with van der Waals surface area (Å²) in [4.78, 5) is 48.0. The van der Waals surface area contributed by atoms with Crippen LogP contribution in [-0.4, -0.2) is 77.2 Å². The van der Waals surface area contributed by atoms with Gasteiger partial charge in [-0.15, -0.1) is 0 Å². The number of aromatic nitrogens is 3. The smallest absolute Gasteiger partial charge is 0.292 e. The van der Waals surface area contributed by atoms with Gasteiger partial charge in [0.15, 0.2) is 0 Å². The molecular formula is C45H53N9O4. The number of rotatable bonds is 15.